The van der Waals surface area contributed by atoms with E-state index in [1.807, 2.05) is 0 Å². The van der Waals surface area contributed by atoms with Gasteiger partial charge in [0.05, 0.1) is 0 Å². The van der Waals surface area contributed by atoms with Crippen LogP contribution in [0.5, 0.6) is 0 Å². The molecule has 124 valence electrons. The molecule has 0 aromatic heterocycles. The van der Waals surface area contributed by atoms with Crippen LogP contribution in [0, 0.1) is 0 Å². The maximum atomic E-state index is 2.47. The largest absolute Gasteiger partial charge is 0.192 e. The lowest BCUT2D eigenvalue weighted by Gasteiger charge is -2.30. The first-order chi connectivity index (χ1) is 10.4. The third-order valence-electron chi connectivity index (χ3n) is 5.08. The lowest BCUT2D eigenvalue weighted by atomic mass is 9.84. The van der Waals surface area contributed by atoms with Gasteiger partial charge in [-0.05, 0) is 63.8 Å². The Balaban J connectivity index is 2.24. The Labute approximate surface area is 143 Å². The fourth-order valence-corrected chi connectivity index (χ4v) is 5.92. The van der Waals surface area contributed by atoms with Gasteiger partial charge in [-0.25, -0.2) is 0 Å². The van der Waals surface area contributed by atoms with Crippen molar-refractivity contribution >= 4 is 10.0 Å². The molecule has 0 saturated carbocycles. The van der Waals surface area contributed by atoms with Crippen LogP contribution in [-0.4, -0.2) is 12.5 Å². The summed E-state index contributed by atoms with van der Waals surface area (Å²) in [5.74, 6) is 0. The molecule has 1 aliphatic heterocycles. The second kappa shape index (κ2) is 4.89. The molecule has 0 unspecified atom stereocenters. The van der Waals surface area contributed by atoms with Crippen LogP contribution >= 0.6 is 10.0 Å². The van der Waals surface area contributed by atoms with Crippen molar-refractivity contribution in [3.8, 4) is 11.1 Å². The minimum atomic E-state index is -0.910. The Morgan fingerprint density at radius 3 is 1.70 bits per heavy atom. The topological polar surface area (TPSA) is 0 Å². The molecule has 0 aliphatic carbocycles. The van der Waals surface area contributed by atoms with Crippen molar-refractivity contribution in [2.45, 2.75) is 62.2 Å². The highest BCUT2D eigenvalue weighted by Crippen LogP contribution is 2.67. The standard InChI is InChI=1S/C22H30S/c1-21(2,3)15-10-12-19-18(13-15)17-11-9-16(22(4,5)6)14-20(17)23(19,7)8/h9-14H,1-8H3. The van der Waals surface area contributed by atoms with Crippen LogP contribution in [0.2, 0.25) is 0 Å². The number of fused-ring (bicyclic) bond motifs is 3. The van der Waals surface area contributed by atoms with E-state index in [0.29, 0.717) is 0 Å². The predicted molar refractivity (Wildman–Crippen MR) is 105 cm³/mol. The molecule has 1 heterocycles. The molecule has 0 saturated heterocycles. The Bertz CT molecular complexity index is 768. The molecule has 0 spiro atoms. The smallest absolute Gasteiger partial charge is 0.00183 e. The number of benzene rings is 2. The van der Waals surface area contributed by atoms with Gasteiger partial charge in [-0.2, -0.15) is 10.0 Å². The molecule has 1 heteroatoms. The van der Waals surface area contributed by atoms with E-state index in [2.05, 4.69) is 90.5 Å². The highest BCUT2D eigenvalue weighted by molar-refractivity contribution is 8.33. The summed E-state index contributed by atoms with van der Waals surface area (Å²) in [5, 5.41) is 0. The summed E-state index contributed by atoms with van der Waals surface area (Å²) in [4.78, 5) is 3.11. The first-order valence-corrected chi connectivity index (χ1v) is 10.9. The van der Waals surface area contributed by atoms with E-state index in [0.717, 1.165) is 0 Å². The predicted octanol–water partition coefficient (Wildman–Crippen LogP) is 6.74. The van der Waals surface area contributed by atoms with E-state index in [9.17, 15) is 0 Å². The number of hydrogen-bond acceptors (Lipinski definition) is 0. The van der Waals surface area contributed by atoms with Gasteiger partial charge in [0.15, 0.2) is 0 Å². The van der Waals surface area contributed by atoms with Crippen molar-refractivity contribution < 1.29 is 0 Å². The van der Waals surface area contributed by atoms with Gasteiger partial charge < -0.3 is 0 Å². The quantitative estimate of drug-likeness (QED) is 0.502. The van der Waals surface area contributed by atoms with Crippen LogP contribution in [0.4, 0.5) is 0 Å². The molecule has 2 aromatic carbocycles. The van der Waals surface area contributed by atoms with E-state index in [1.165, 1.54) is 22.3 Å². The van der Waals surface area contributed by atoms with E-state index in [-0.39, 0.29) is 10.8 Å². The SMILES string of the molecule is CC(C)(C)c1ccc2c(c1)-c1ccc(C(C)(C)C)cc1S2(C)C. The van der Waals surface area contributed by atoms with Gasteiger partial charge in [0.25, 0.3) is 0 Å². The number of hydrogen-bond donors (Lipinski definition) is 0. The van der Waals surface area contributed by atoms with Gasteiger partial charge in [-0.15, -0.1) is 0 Å². The lowest BCUT2D eigenvalue weighted by molar-refractivity contribution is 0.589. The third kappa shape index (κ3) is 2.63. The molecule has 0 fully saturated rings. The fourth-order valence-electron chi connectivity index (χ4n) is 3.40. The van der Waals surface area contributed by atoms with Crippen molar-refractivity contribution in [2.75, 3.05) is 12.5 Å². The molecule has 23 heavy (non-hydrogen) atoms. The van der Waals surface area contributed by atoms with Crippen LogP contribution in [0.25, 0.3) is 11.1 Å². The van der Waals surface area contributed by atoms with Gasteiger partial charge >= 0.3 is 0 Å². The molecule has 0 radical (unpaired) electrons. The molecule has 0 N–H and O–H groups in total. The third-order valence-corrected chi connectivity index (χ3v) is 7.98. The summed E-state index contributed by atoms with van der Waals surface area (Å²) in [6, 6.07) is 14.3. The molecular formula is C22H30S. The first kappa shape index (κ1) is 16.6. The minimum absolute atomic E-state index is 0.197. The highest BCUT2D eigenvalue weighted by atomic mass is 32.3. The zero-order valence-corrected chi connectivity index (χ0v) is 16.7. The molecule has 0 amide bonds. The van der Waals surface area contributed by atoms with E-state index < -0.39 is 10.0 Å². The van der Waals surface area contributed by atoms with Crippen molar-refractivity contribution in [1.82, 2.24) is 0 Å². The van der Waals surface area contributed by atoms with Crippen molar-refractivity contribution in [3.05, 3.63) is 47.5 Å². The molecule has 0 atom stereocenters. The second-order valence-electron chi connectivity index (χ2n) is 9.25. The average Bonchev–Trinajstić information content (AvgIpc) is 2.65. The summed E-state index contributed by atoms with van der Waals surface area (Å²) in [6.45, 7) is 13.8. The normalized spacial score (nSPS) is 17.6. The fraction of sp³-hybridized carbons (Fsp3) is 0.455. The molecule has 3 rings (SSSR count). The highest BCUT2D eigenvalue weighted by Gasteiger charge is 2.33. The van der Waals surface area contributed by atoms with Crippen molar-refractivity contribution in [2.24, 2.45) is 0 Å². The van der Waals surface area contributed by atoms with Gasteiger partial charge in [0.1, 0.15) is 0 Å². The van der Waals surface area contributed by atoms with Crippen LogP contribution in [0.15, 0.2) is 46.2 Å². The van der Waals surface area contributed by atoms with Gasteiger partial charge in [-0.3, -0.25) is 0 Å². The molecule has 0 bridgehead atoms. The Morgan fingerprint density at radius 2 is 1.13 bits per heavy atom. The second-order valence-corrected chi connectivity index (χ2v) is 12.8. The van der Waals surface area contributed by atoms with E-state index in [4.69, 9.17) is 0 Å². The molecule has 0 nitrogen and oxygen atoms in total. The Hall–Kier alpha value is -1.21. The zero-order chi connectivity index (χ0) is 17.2. The van der Waals surface area contributed by atoms with Crippen molar-refractivity contribution in [3.63, 3.8) is 0 Å². The van der Waals surface area contributed by atoms with E-state index in [1.54, 1.807) is 9.79 Å². The van der Waals surface area contributed by atoms with Crippen LogP contribution in [0.1, 0.15) is 52.7 Å². The summed E-state index contributed by atoms with van der Waals surface area (Å²) >= 11 is 0. The zero-order valence-electron chi connectivity index (χ0n) is 15.9. The average molecular weight is 327 g/mol. The first-order valence-electron chi connectivity index (χ1n) is 8.45. The molecule has 2 aromatic rings. The maximum Gasteiger partial charge on any atom is 0.00183 e. The number of rotatable bonds is 0. The lowest BCUT2D eigenvalue weighted by Crippen LogP contribution is -2.11. The molecule has 1 aliphatic rings. The van der Waals surface area contributed by atoms with Crippen LogP contribution < -0.4 is 0 Å². The van der Waals surface area contributed by atoms with Gasteiger partial charge in [-0.1, -0.05) is 59.7 Å². The summed E-state index contributed by atoms with van der Waals surface area (Å²) < 4.78 is 0. The van der Waals surface area contributed by atoms with Gasteiger partial charge in [0, 0.05) is 9.79 Å². The van der Waals surface area contributed by atoms with Crippen molar-refractivity contribution in [1.29, 1.82) is 0 Å². The minimum Gasteiger partial charge on any atom is -0.192 e. The van der Waals surface area contributed by atoms with Gasteiger partial charge in [0.2, 0.25) is 0 Å². The summed E-state index contributed by atoms with van der Waals surface area (Å²) in [7, 11) is -0.910. The maximum absolute atomic E-state index is 2.47. The monoisotopic (exact) mass is 326 g/mol. The summed E-state index contributed by atoms with van der Waals surface area (Å²) in [6.07, 6.45) is 4.89. The molecular weight excluding hydrogens is 296 g/mol. The Kier molecular flexibility index (Phi) is 3.54. The summed E-state index contributed by atoms with van der Waals surface area (Å²) in [5.41, 5.74) is 6.20. The Morgan fingerprint density at radius 1 is 0.609 bits per heavy atom. The van der Waals surface area contributed by atoms with Crippen LogP contribution in [0.3, 0.4) is 0 Å². The van der Waals surface area contributed by atoms with E-state index >= 15 is 0 Å². The van der Waals surface area contributed by atoms with Crippen LogP contribution in [-0.2, 0) is 10.8 Å².